The maximum absolute atomic E-state index is 13.0. The maximum atomic E-state index is 13.0. The van der Waals surface area contributed by atoms with Gasteiger partial charge in [0, 0.05) is 12.1 Å². The van der Waals surface area contributed by atoms with Crippen molar-refractivity contribution in [1.82, 2.24) is 0 Å². The van der Waals surface area contributed by atoms with Gasteiger partial charge in [0.15, 0.2) is 6.61 Å². The van der Waals surface area contributed by atoms with Gasteiger partial charge in [0.1, 0.15) is 17.1 Å². The summed E-state index contributed by atoms with van der Waals surface area (Å²) in [6, 6.07) is 8.72. The van der Waals surface area contributed by atoms with Gasteiger partial charge in [-0.2, -0.15) is 0 Å². The molecule has 1 aromatic heterocycles. The highest BCUT2D eigenvalue weighted by Gasteiger charge is 2.21. The lowest BCUT2D eigenvalue weighted by molar-refractivity contribution is -0.385. The number of aryl methyl sites for hydroxylation is 2. The second kappa shape index (κ2) is 8.01. The van der Waals surface area contributed by atoms with Gasteiger partial charge >= 0.3 is 11.7 Å². The number of hydrogen-bond acceptors (Lipinski definition) is 7. The third-order valence-electron chi connectivity index (χ3n) is 4.20. The molecule has 9 heteroatoms. The van der Waals surface area contributed by atoms with Gasteiger partial charge in [-0.1, -0.05) is 19.1 Å². The van der Waals surface area contributed by atoms with Crippen molar-refractivity contribution in [2.24, 2.45) is 0 Å². The van der Waals surface area contributed by atoms with Gasteiger partial charge in [0.2, 0.25) is 16.9 Å². The number of aliphatic carboxylic acids is 1. The molecule has 9 nitrogen and oxygen atoms in total. The van der Waals surface area contributed by atoms with E-state index in [4.69, 9.17) is 19.0 Å². The van der Waals surface area contributed by atoms with Crippen LogP contribution in [0.4, 0.5) is 5.69 Å². The summed E-state index contributed by atoms with van der Waals surface area (Å²) in [7, 11) is 0. The van der Waals surface area contributed by atoms with Crippen LogP contribution in [0, 0.1) is 17.0 Å². The SMILES string of the molecule is CCc1cc2c(=O)c(Oc3ccccc3[N+](=O)[O-])c(C)oc2cc1OCC(=O)O. The average molecular weight is 399 g/mol. The molecule has 0 saturated carbocycles. The summed E-state index contributed by atoms with van der Waals surface area (Å²) in [5, 5.41) is 20.2. The molecule has 0 fully saturated rings. The van der Waals surface area contributed by atoms with E-state index in [0.717, 1.165) is 0 Å². The zero-order chi connectivity index (χ0) is 21.1. The molecule has 29 heavy (non-hydrogen) atoms. The maximum Gasteiger partial charge on any atom is 0.341 e. The molecule has 0 saturated heterocycles. The van der Waals surface area contributed by atoms with E-state index >= 15 is 0 Å². The fourth-order valence-corrected chi connectivity index (χ4v) is 2.83. The molecule has 0 aliphatic rings. The summed E-state index contributed by atoms with van der Waals surface area (Å²) in [4.78, 5) is 34.4. The van der Waals surface area contributed by atoms with E-state index in [1.54, 1.807) is 12.1 Å². The first kappa shape index (κ1) is 19.9. The summed E-state index contributed by atoms with van der Waals surface area (Å²) in [6.07, 6.45) is 0.485. The van der Waals surface area contributed by atoms with Crippen LogP contribution in [0.3, 0.4) is 0 Å². The van der Waals surface area contributed by atoms with Gasteiger partial charge in [-0.3, -0.25) is 14.9 Å². The van der Waals surface area contributed by atoms with E-state index in [2.05, 4.69) is 0 Å². The van der Waals surface area contributed by atoms with Crippen molar-refractivity contribution in [1.29, 1.82) is 0 Å². The van der Waals surface area contributed by atoms with Crippen LogP contribution in [0.2, 0.25) is 0 Å². The van der Waals surface area contributed by atoms with E-state index in [1.807, 2.05) is 6.92 Å². The average Bonchev–Trinajstić information content (AvgIpc) is 2.69. The number of rotatable bonds is 7. The monoisotopic (exact) mass is 399 g/mol. The molecule has 1 heterocycles. The Bertz CT molecular complexity index is 1170. The number of nitrogens with zero attached hydrogens (tertiary/aromatic N) is 1. The van der Waals surface area contributed by atoms with Crippen LogP contribution < -0.4 is 14.9 Å². The van der Waals surface area contributed by atoms with Crippen molar-refractivity contribution in [3.8, 4) is 17.2 Å². The van der Waals surface area contributed by atoms with E-state index < -0.39 is 22.9 Å². The Labute approximate surface area is 164 Å². The minimum Gasteiger partial charge on any atom is -0.481 e. The molecule has 3 rings (SSSR count). The summed E-state index contributed by atoms with van der Waals surface area (Å²) in [5.74, 6) is -0.943. The minimum absolute atomic E-state index is 0.0793. The van der Waals surface area contributed by atoms with Gasteiger partial charge in [-0.15, -0.1) is 0 Å². The van der Waals surface area contributed by atoms with Crippen molar-refractivity contribution in [2.75, 3.05) is 6.61 Å². The number of ether oxygens (including phenoxy) is 2. The van der Waals surface area contributed by atoms with E-state index in [9.17, 15) is 19.7 Å². The summed E-state index contributed by atoms with van der Waals surface area (Å²) >= 11 is 0. The predicted octanol–water partition coefficient (Wildman–Crippen LogP) is 3.83. The molecular weight excluding hydrogens is 382 g/mol. The molecule has 2 aromatic carbocycles. The van der Waals surface area contributed by atoms with Crippen molar-refractivity contribution in [2.45, 2.75) is 20.3 Å². The van der Waals surface area contributed by atoms with Gasteiger partial charge in [-0.05, 0) is 31.0 Å². The molecule has 0 amide bonds. The van der Waals surface area contributed by atoms with Crippen LogP contribution in [0.5, 0.6) is 17.2 Å². The van der Waals surface area contributed by atoms with E-state index in [-0.39, 0.29) is 33.9 Å². The fourth-order valence-electron chi connectivity index (χ4n) is 2.83. The van der Waals surface area contributed by atoms with Crippen molar-refractivity contribution < 1.29 is 28.7 Å². The molecule has 1 N–H and O–H groups in total. The number of hydrogen-bond donors (Lipinski definition) is 1. The first-order valence-electron chi connectivity index (χ1n) is 8.68. The topological polar surface area (TPSA) is 129 Å². The first-order valence-corrected chi connectivity index (χ1v) is 8.68. The third kappa shape index (κ3) is 4.03. The Morgan fingerprint density at radius 1 is 1.24 bits per heavy atom. The number of carbonyl (C=O) groups is 1. The number of nitro groups is 1. The van der Waals surface area contributed by atoms with Crippen molar-refractivity contribution in [3.63, 3.8) is 0 Å². The van der Waals surface area contributed by atoms with Gasteiger partial charge in [-0.25, -0.2) is 4.79 Å². The highest BCUT2D eigenvalue weighted by atomic mass is 16.6. The van der Waals surface area contributed by atoms with Crippen molar-refractivity contribution >= 4 is 22.6 Å². The van der Waals surface area contributed by atoms with Crippen LogP contribution in [0.25, 0.3) is 11.0 Å². The predicted molar refractivity (Wildman–Crippen MR) is 103 cm³/mol. The summed E-state index contributed by atoms with van der Waals surface area (Å²) in [6.45, 7) is 2.80. The minimum atomic E-state index is -1.13. The Morgan fingerprint density at radius 2 is 1.97 bits per heavy atom. The molecule has 3 aromatic rings. The van der Waals surface area contributed by atoms with Crippen LogP contribution in [0.15, 0.2) is 45.6 Å². The molecule has 0 aliphatic heterocycles. The van der Waals surface area contributed by atoms with Crippen LogP contribution in [0.1, 0.15) is 18.2 Å². The Balaban J connectivity index is 2.11. The number of carboxylic acid groups (broad SMARTS) is 1. The first-order chi connectivity index (χ1) is 13.8. The second-order valence-corrected chi connectivity index (χ2v) is 6.14. The van der Waals surface area contributed by atoms with Gasteiger partial charge in [0.25, 0.3) is 0 Å². The lowest BCUT2D eigenvalue weighted by atomic mass is 10.1. The second-order valence-electron chi connectivity index (χ2n) is 6.14. The molecule has 0 unspecified atom stereocenters. The summed E-state index contributed by atoms with van der Waals surface area (Å²) < 4.78 is 16.5. The quantitative estimate of drug-likeness (QED) is 0.469. The Kier molecular flexibility index (Phi) is 5.49. The van der Waals surface area contributed by atoms with Crippen molar-refractivity contribution in [3.05, 3.63) is 68.1 Å². The molecule has 0 radical (unpaired) electrons. The Hall–Kier alpha value is -3.88. The molecule has 0 atom stereocenters. The number of para-hydroxylation sites is 2. The lowest BCUT2D eigenvalue weighted by Crippen LogP contribution is -2.12. The largest absolute Gasteiger partial charge is 0.481 e. The standard InChI is InChI=1S/C20H17NO8/c1-3-12-8-13-17(9-16(12)27-10-18(22)23)28-11(2)20(19(13)24)29-15-7-5-4-6-14(15)21(25)26/h4-9H,3,10H2,1-2H3,(H,22,23). The highest BCUT2D eigenvalue weighted by Crippen LogP contribution is 2.33. The number of benzene rings is 2. The van der Waals surface area contributed by atoms with Gasteiger partial charge in [0.05, 0.1) is 10.3 Å². The van der Waals surface area contributed by atoms with Crippen LogP contribution in [-0.2, 0) is 11.2 Å². The number of carboxylic acids is 1. The smallest absolute Gasteiger partial charge is 0.341 e. The number of fused-ring (bicyclic) bond motifs is 1. The molecular formula is C20H17NO8. The molecule has 150 valence electrons. The normalized spacial score (nSPS) is 10.7. The molecule has 0 bridgehead atoms. The summed E-state index contributed by atoms with van der Waals surface area (Å²) in [5.41, 5.74) is 0.0333. The van der Waals surface area contributed by atoms with E-state index in [1.165, 1.54) is 31.2 Å². The lowest BCUT2D eigenvalue weighted by Gasteiger charge is -2.12. The van der Waals surface area contributed by atoms with Crippen LogP contribution >= 0.6 is 0 Å². The number of nitro benzene ring substituents is 1. The molecule has 0 aliphatic carbocycles. The highest BCUT2D eigenvalue weighted by molar-refractivity contribution is 5.81. The van der Waals surface area contributed by atoms with Crippen LogP contribution in [-0.4, -0.2) is 22.6 Å². The fraction of sp³-hybridized carbons (Fsp3) is 0.200. The van der Waals surface area contributed by atoms with E-state index in [0.29, 0.717) is 17.7 Å². The van der Waals surface area contributed by atoms with Gasteiger partial charge < -0.3 is 19.0 Å². The zero-order valence-electron chi connectivity index (χ0n) is 15.6. The zero-order valence-corrected chi connectivity index (χ0v) is 15.6. The molecule has 0 spiro atoms. The third-order valence-corrected chi connectivity index (χ3v) is 4.20. The Morgan fingerprint density at radius 3 is 2.62 bits per heavy atom.